The molecule has 0 aliphatic carbocycles. The third-order valence-electron chi connectivity index (χ3n) is 2.86. The summed E-state index contributed by atoms with van der Waals surface area (Å²) >= 11 is 0. The van der Waals surface area contributed by atoms with Crippen molar-refractivity contribution >= 4 is 5.91 Å². The van der Waals surface area contributed by atoms with Gasteiger partial charge in [-0.25, -0.2) is 0 Å². The first-order valence-electron chi connectivity index (χ1n) is 6.10. The molecule has 0 radical (unpaired) electrons. The van der Waals surface area contributed by atoms with Crippen molar-refractivity contribution in [3.8, 4) is 0 Å². The van der Waals surface area contributed by atoms with Crippen LogP contribution in [0.2, 0.25) is 0 Å². The van der Waals surface area contributed by atoms with Crippen molar-refractivity contribution in [3.05, 3.63) is 30.1 Å². The van der Waals surface area contributed by atoms with E-state index in [1.54, 1.807) is 24.4 Å². The number of nitrogens with zero attached hydrogens (tertiary/aromatic N) is 2. The van der Waals surface area contributed by atoms with Crippen LogP contribution in [0.1, 0.15) is 18.9 Å². The van der Waals surface area contributed by atoms with Gasteiger partial charge in [0.2, 0.25) is 5.91 Å². The number of amides is 1. The van der Waals surface area contributed by atoms with Crippen LogP contribution in [-0.2, 0) is 16.1 Å². The molecule has 1 amide bonds. The van der Waals surface area contributed by atoms with E-state index >= 15 is 0 Å². The van der Waals surface area contributed by atoms with Crippen LogP contribution in [0, 0.1) is 0 Å². The van der Waals surface area contributed by atoms with Gasteiger partial charge in [-0.2, -0.15) is 0 Å². The summed E-state index contributed by atoms with van der Waals surface area (Å²) in [4.78, 5) is 17.8. The van der Waals surface area contributed by atoms with E-state index in [-0.39, 0.29) is 12.0 Å². The second-order valence-electron chi connectivity index (χ2n) is 4.06. The number of ether oxygens (including phenoxy) is 1. The van der Waals surface area contributed by atoms with Crippen molar-refractivity contribution in [2.45, 2.75) is 26.0 Å². The average molecular weight is 251 g/mol. The Hall–Kier alpha value is -1.46. The third kappa shape index (κ3) is 4.43. The zero-order valence-electron chi connectivity index (χ0n) is 11.0. The van der Waals surface area contributed by atoms with Gasteiger partial charge in [-0.15, -0.1) is 0 Å². The summed E-state index contributed by atoms with van der Waals surface area (Å²) in [6.45, 7) is 3.58. The molecule has 1 heterocycles. The van der Waals surface area contributed by atoms with Gasteiger partial charge < -0.3 is 15.4 Å². The first kappa shape index (κ1) is 14.6. The van der Waals surface area contributed by atoms with Crippen molar-refractivity contribution < 1.29 is 9.53 Å². The smallest absolute Gasteiger partial charge is 0.225 e. The number of carbonyl (C=O) groups is 1. The third-order valence-corrected chi connectivity index (χ3v) is 2.86. The van der Waals surface area contributed by atoms with E-state index in [2.05, 4.69) is 4.98 Å². The molecule has 1 atom stereocenters. The molecular formula is C13H21N3O2. The van der Waals surface area contributed by atoms with Crippen molar-refractivity contribution in [1.29, 1.82) is 0 Å². The van der Waals surface area contributed by atoms with Crippen molar-refractivity contribution in [2.75, 3.05) is 20.2 Å². The van der Waals surface area contributed by atoms with Gasteiger partial charge in [0.15, 0.2) is 0 Å². The minimum Gasteiger partial charge on any atom is -0.380 e. The van der Waals surface area contributed by atoms with E-state index in [1.165, 1.54) is 0 Å². The van der Waals surface area contributed by atoms with Crippen LogP contribution in [0.25, 0.3) is 0 Å². The SMILES string of the molecule is CCN(Cc1ccncc1)C(=O)CC(CN)OC. The van der Waals surface area contributed by atoms with E-state index in [9.17, 15) is 4.79 Å². The average Bonchev–Trinajstić information content (AvgIpc) is 2.43. The van der Waals surface area contributed by atoms with E-state index in [0.29, 0.717) is 26.1 Å². The molecule has 1 unspecified atom stereocenters. The monoisotopic (exact) mass is 251 g/mol. The maximum atomic E-state index is 12.1. The highest BCUT2D eigenvalue weighted by molar-refractivity contribution is 5.76. The molecular weight excluding hydrogens is 230 g/mol. The van der Waals surface area contributed by atoms with Crippen LogP contribution in [0.3, 0.4) is 0 Å². The van der Waals surface area contributed by atoms with Crippen LogP contribution < -0.4 is 5.73 Å². The minimum atomic E-state index is -0.205. The Morgan fingerprint density at radius 2 is 2.17 bits per heavy atom. The predicted molar refractivity (Wildman–Crippen MR) is 69.8 cm³/mol. The lowest BCUT2D eigenvalue weighted by Gasteiger charge is -2.23. The molecule has 100 valence electrons. The zero-order valence-corrected chi connectivity index (χ0v) is 11.0. The minimum absolute atomic E-state index is 0.0617. The first-order chi connectivity index (χ1) is 8.71. The summed E-state index contributed by atoms with van der Waals surface area (Å²) < 4.78 is 5.13. The number of methoxy groups -OCH3 is 1. The Labute approximate surface area is 108 Å². The van der Waals surface area contributed by atoms with Gasteiger partial charge in [0.25, 0.3) is 0 Å². The second-order valence-corrected chi connectivity index (χ2v) is 4.06. The van der Waals surface area contributed by atoms with Crippen LogP contribution in [0.15, 0.2) is 24.5 Å². The summed E-state index contributed by atoms with van der Waals surface area (Å²) in [6, 6.07) is 3.82. The fourth-order valence-electron chi connectivity index (χ4n) is 1.67. The highest BCUT2D eigenvalue weighted by Gasteiger charge is 2.17. The van der Waals surface area contributed by atoms with Crippen molar-refractivity contribution in [3.63, 3.8) is 0 Å². The van der Waals surface area contributed by atoms with E-state index in [1.807, 2.05) is 19.1 Å². The highest BCUT2D eigenvalue weighted by Crippen LogP contribution is 2.07. The summed E-state index contributed by atoms with van der Waals surface area (Å²) in [5.41, 5.74) is 6.59. The molecule has 0 bridgehead atoms. The van der Waals surface area contributed by atoms with Crippen molar-refractivity contribution in [1.82, 2.24) is 9.88 Å². The maximum absolute atomic E-state index is 12.1. The van der Waals surface area contributed by atoms with Gasteiger partial charge in [-0.1, -0.05) is 0 Å². The molecule has 5 heteroatoms. The summed E-state index contributed by atoms with van der Waals surface area (Å²) in [7, 11) is 1.57. The van der Waals surface area contributed by atoms with Gasteiger partial charge in [0.05, 0.1) is 12.5 Å². The molecule has 0 fully saturated rings. The van der Waals surface area contributed by atoms with E-state index in [0.717, 1.165) is 5.56 Å². The van der Waals surface area contributed by atoms with Gasteiger partial charge >= 0.3 is 0 Å². The topological polar surface area (TPSA) is 68.5 Å². The van der Waals surface area contributed by atoms with Gasteiger partial charge in [-0.3, -0.25) is 9.78 Å². The fraction of sp³-hybridized carbons (Fsp3) is 0.538. The number of pyridine rings is 1. The van der Waals surface area contributed by atoms with Gasteiger partial charge in [0.1, 0.15) is 0 Å². The summed E-state index contributed by atoms with van der Waals surface area (Å²) in [6.07, 6.45) is 3.58. The molecule has 1 aromatic heterocycles. The highest BCUT2D eigenvalue weighted by atomic mass is 16.5. The van der Waals surface area contributed by atoms with Crippen LogP contribution in [0.4, 0.5) is 0 Å². The summed E-state index contributed by atoms with van der Waals surface area (Å²) in [5, 5.41) is 0. The summed E-state index contributed by atoms with van der Waals surface area (Å²) in [5.74, 6) is 0.0617. The Balaban J connectivity index is 2.58. The number of hydrogen-bond acceptors (Lipinski definition) is 4. The lowest BCUT2D eigenvalue weighted by molar-refractivity contribution is -0.134. The van der Waals surface area contributed by atoms with E-state index in [4.69, 9.17) is 10.5 Å². The number of hydrogen-bond donors (Lipinski definition) is 1. The largest absolute Gasteiger partial charge is 0.380 e. The second kappa shape index (κ2) is 7.79. The maximum Gasteiger partial charge on any atom is 0.225 e. The Bertz CT molecular complexity index is 353. The number of carbonyl (C=O) groups excluding carboxylic acids is 1. The molecule has 0 aliphatic heterocycles. The molecule has 1 rings (SSSR count). The Morgan fingerprint density at radius 1 is 1.50 bits per heavy atom. The van der Waals surface area contributed by atoms with E-state index < -0.39 is 0 Å². The molecule has 5 nitrogen and oxygen atoms in total. The standard InChI is InChI=1S/C13H21N3O2/c1-3-16(10-11-4-6-15-7-5-11)13(17)8-12(9-14)18-2/h4-7,12H,3,8-10,14H2,1-2H3. The predicted octanol–water partition coefficient (Wildman–Crippen LogP) is 0.794. The molecule has 2 N–H and O–H groups in total. The first-order valence-corrected chi connectivity index (χ1v) is 6.10. The van der Waals surface area contributed by atoms with Crippen molar-refractivity contribution in [2.24, 2.45) is 5.73 Å². The van der Waals surface area contributed by atoms with Gasteiger partial charge in [-0.05, 0) is 24.6 Å². The molecule has 18 heavy (non-hydrogen) atoms. The quantitative estimate of drug-likeness (QED) is 0.778. The van der Waals surface area contributed by atoms with Gasteiger partial charge in [0, 0.05) is 39.1 Å². The number of rotatable bonds is 7. The lowest BCUT2D eigenvalue weighted by Crippen LogP contribution is -2.35. The molecule has 0 aliphatic rings. The lowest BCUT2D eigenvalue weighted by atomic mass is 10.2. The molecule has 0 spiro atoms. The number of nitrogens with two attached hydrogens (primary N) is 1. The molecule has 0 aromatic carbocycles. The Kier molecular flexibility index (Phi) is 6.32. The Morgan fingerprint density at radius 3 is 2.67 bits per heavy atom. The van der Waals surface area contributed by atoms with Crippen LogP contribution >= 0.6 is 0 Å². The van der Waals surface area contributed by atoms with Crippen LogP contribution in [0.5, 0.6) is 0 Å². The zero-order chi connectivity index (χ0) is 13.4. The fourth-order valence-corrected chi connectivity index (χ4v) is 1.67. The molecule has 0 saturated heterocycles. The molecule has 0 saturated carbocycles. The number of aromatic nitrogens is 1. The molecule has 1 aromatic rings. The normalized spacial score (nSPS) is 12.2. The van der Waals surface area contributed by atoms with Crippen LogP contribution in [-0.4, -0.2) is 42.1 Å².